The van der Waals surface area contributed by atoms with Gasteiger partial charge in [-0.05, 0) is 25.7 Å². The van der Waals surface area contributed by atoms with E-state index >= 15 is 0 Å². The maximum atomic E-state index is 5.09. The molecule has 0 aromatic carbocycles. The van der Waals surface area contributed by atoms with E-state index in [0.29, 0.717) is 0 Å². The SMILES string of the molecule is COCCNCc1c(C)nn(C)c1SC1CCCC(C)C1. The van der Waals surface area contributed by atoms with E-state index in [0.717, 1.165) is 36.6 Å². The minimum atomic E-state index is 0.751. The predicted octanol–water partition coefficient (Wildman–Crippen LogP) is 3.14. The molecule has 5 heteroatoms. The molecule has 1 aromatic rings. The van der Waals surface area contributed by atoms with E-state index in [2.05, 4.69) is 36.0 Å². The van der Waals surface area contributed by atoms with Gasteiger partial charge in [0.25, 0.3) is 0 Å². The van der Waals surface area contributed by atoms with Crippen LogP contribution in [0.25, 0.3) is 0 Å². The van der Waals surface area contributed by atoms with Crippen molar-refractivity contribution < 1.29 is 4.74 Å². The second-order valence-electron chi connectivity index (χ2n) is 6.17. The van der Waals surface area contributed by atoms with E-state index in [1.807, 2.05) is 11.8 Å². The van der Waals surface area contributed by atoms with Gasteiger partial charge in [-0.1, -0.05) is 19.8 Å². The predicted molar refractivity (Wildman–Crippen MR) is 88.8 cm³/mol. The Morgan fingerprint density at radius 3 is 2.95 bits per heavy atom. The molecular formula is C16H29N3OS. The van der Waals surface area contributed by atoms with Crippen LogP contribution in [0.5, 0.6) is 0 Å². The Morgan fingerprint density at radius 1 is 1.43 bits per heavy atom. The summed E-state index contributed by atoms with van der Waals surface area (Å²) in [7, 11) is 3.81. The third kappa shape index (κ3) is 4.73. The van der Waals surface area contributed by atoms with Gasteiger partial charge in [-0.3, -0.25) is 4.68 Å². The summed E-state index contributed by atoms with van der Waals surface area (Å²) in [6.45, 7) is 7.01. The summed E-state index contributed by atoms with van der Waals surface area (Å²) in [5, 5.41) is 10.2. The number of rotatable bonds is 7. The van der Waals surface area contributed by atoms with Crippen LogP contribution >= 0.6 is 11.8 Å². The van der Waals surface area contributed by atoms with Crippen LogP contribution in [0.15, 0.2) is 5.03 Å². The molecule has 0 saturated heterocycles. The molecule has 1 aliphatic carbocycles. The molecule has 2 unspecified atom stereocenters. The second kappa shape index (κ2) is 8.20. The minimum Gasteiger partial charge on any atom is -0.383 e. The molecule has 120 valence electrons. The highest BCUT2D eigenvalue weighted by Gasteiger charge is 2.23. The first-order valence-corrected chi connectivity index (χ1v) is 8.88. The van der Waals surface area contributed by atoms with Gasteiger partial charge in [0.2, 0.25) is 0 Å². The van der Waals surface area contributed by atoms with E-state index in [9.17, 15) is 0 Å². The highest BCUT2D eigenvalue weighted by Crippen LogP contribution is 2.37. The Morgan fingerprint density at radius 2 is 2.24 bits per heavy atom. The van der Waals surface area contributed by atoms with Crippen LogP contribution in [0.4, 0.5) is 0 Å². The van der Waals surface area contributed by atoms with Gasteiger partial charge >= 0.3 is 0 Å². The number of thioether (sulfide) groups is 1. The van der Waals surface area contributed by atoms with Gasteiger partial charge in [-0.2, -0.15) is 5.10 Å². The highest BCUT2D eigenvalue weighted by molar-refractivity contribution is 7.99. The van der Waals surface area contributed by atoms with Crippen molar-refractivity contribution in [3.8, 4) is 0 Å². The fourth-order valence-corrected chi connectivity index (χ4v) is 4.64. The number of methoxy groups -OCH3 is 1. The maximum Gasteiger partial charge on any atom is 0.0987 e. The summed E-state index contributed by atoms with van der Waals surface area (Å²) in [6, 6.07) is 0. The fraction of sp³-hybridized carbons (Fsp3) is 0.812. The number of ether oxygens (including phenoxy) is 1. The molecule has 0 aliphatic heterocycles. The lowest BCUT2D eigenvalue weighted by molar-refractivity contribution is 0.199. The van der Waals surface area contributed by atoms with Crippen LogP contribution in [0.1, 0.15) is 43.9 Å². The van der Waals surface area contributed by atoms with E-state index in [1.165, 1.54) is 36.3 Å². The number of aryl methyl sites for hydroxylation is 2. The fourth-order valence-electron chi connectivity index (χ4n) is 3.06. The maximum absolute atomic E-state index is 5.09. The Labute approximate surface area is 133 Å². The molecule has 0 spiro atoms. The van der Waals surface area contributed by atoms with Crippen LogP contribution in [0.2, 0.25) is 0 Å². The molecule has 1 N–H and O–H groups in total. The zero-order valence-electron chi connectivity index (χ0n) is 13.8. The summed E-state index contributed by atoms with van der Waals surface area (Å²) < 4.78 is 7.15. The van der Waals surface area contributed by atoms with Gasteiger partial charge in [-0.15, -0.1) is 11.8 Å². The van der Waals surface area contributed by atoms with Crippen molar-refractivity contribution >= 4 is 11.8 Å². The largest absolute Gasteiger partial charge is 0.383 e. The van der Waals surface area contributed by atoms with Gasteiger partial charge in [0.05, 0.1) is 17.3 Å². The van der Waals surface area contributed by atoms with Crippen molar-refractivity contribution in [3.05, 3.63) is 11.3 Å². The molecule has 0 bridgehead atoms. The number of nitrogens with zero attached hydrogens (tertiary/aromatic N) is 2. The third-order valence-electron chi connectivity index (χ3n) is 4.24. The van der Waals surface area contributed by atoms with Crippen molar-refractivity contribution in [2.24, 2.45) is 13.0 Å². The average molecular weight is 311 g/mol. The van der Waals surface area contributed by atoms with Crippen LogP contribution < -0.4 is 5.32 Å². The van der Waals surface area contributed by atoms with Crippen LogP contribution in [-0.4, -0.2) is 35.3 Å². The molecule has 21 heavy (non-hydrogen) atoms. The molecule has 0 radical (unpaired) electrons. The van der Waals surface area contributed by atoms with Gasteiger partial charge in [0.1, 0.15) is 0 Å². The number of hydrogen-bond acceptors (Lipinski definition) is 4. The molecule has 2 rings (SSSR count). The second-order valence-corrected chi connectivity index (χ2v) is 7.46. The molecule has 4 nitrogen and oxygen atoms in total. The highest BCUT2D eigenvalue weighted by atomic mass is 32.2. The normalized spacial score (nSPS) is 22.7. The molecule has 1 heterocycles. The molecule has 1 aromatic heterocycles. The Balaban J connectivity index is 2.00. The molecule has 1 aliphatic rings. The summed E-state index contributed by atoms with van der Waals surface area (Å²) in [6.07, 6.45) is 5.45. The van der Waals surface area contributed by atoms with Crippen LogP contribution in [-0.2, 0) is 18.3 Å². The zero-order valence-corrected chi connectivity index (χ0v) is 14.6. The van der Waals surface area contributed by atoms with Crippen molar-refractivity contribution in [2.75, 3.05) is 20.3 Å². The van der Waals surface area contributed by atoms with E-state index in [4.69, 9.17) is 4.74 Å². The van der Waals surface area contributed by atoms with Crippen molar-refractivity contribution in [3.63, 3.8) is 0 Å². The lowest BCUT2D eigenvalue weighted by Gasteiger charge is -2.26. The molecule has 1 saturated carbocycles. The average Bonchev–Trinajstić information content (AvgIpc) is 2.70. The Hall–Kier alpha value is -0.520. The first-order chi connectivity index (χ1) is 10.1. The molecule has 0 amide bonds. The zero-order chi connectivity index (χ0) is 15.2. The van der Waals surface area contributed by atoms with E-state index in [1.54, 1.807) is 7.11 Å². The number of hydrogen-bond donors (Lipinski definition) is 1. The molecular weight excluding hydrogens is 282 g/mol. The quantitative estimate of drug-likeness (QED) is 0.785. The number of aromatic nitrogens is 2. The monoisotopic (exact) mass is 311 g/mol. The van der Waals surface area contributed by atoms with Crippen molar-refractivity contribution in [2.45, 2.75) is 56.4 Å². The standard InChI is InChI=1S/C16H29N3OS/c1-12-6-5-7-14(10-12)21-16-15(11-17-8-9-20-4)13(2)18-19(16)3/h12,14,17H,5-11H2,1-4H3. The van der Waals surface area contributed by atoms with E-state index < -0.39 is 0 Å². The van der Waals surface area contributed by atoms with Gasteiger partial charge in [0.15, 0.2) is 0 Å². The Bertz CT molecular complexity index is 447. The first-order valence-electron chi connectivity index (χ1n) is 8.00. The summed E-state index contributed by atoms with van der Waals surface area (Å²) >= 11 is 2.04. The Kier molecular flexibility index (Phi) is 6.58. The third-order valence-corrected chi connectivity index (χ3v) is 5.74. The first kappa shape index (κ1) is 16.8. The molecule has 1 fully saturated rings. The lowest BCUT2D eigenvalue weighted by Crippen LogP contribution is -2.20. The summed E-state index contributed by atoms with van der Waals surface area (Å²) in [5.41, 5.74) is 2.51. The van der Waals surface area contributed by atoms with Crippen LogP contribution in [0.3, 0.4) is 0 Å². The topological polar surface area (TPSA) is 39.1 Å². The number of nitrogens with one attached hydrogen (secondary N) is 1. The summed E-state index contributed by atoms with van der Waals surface area (Å²) in [5.74, 6) is 0.869. The van der Waals surface area contributed by atoms with Crippen molar-refractivity contribution in [1.29, 1.82) is 0 Å². The lowest BCUT2D eigenvalue weighted by atomic mass is 9.91. The van der Waals surface area contributed by atoms with Crippen molar-refractivity contribution in [1.82, 2.24) is 15.1 Å². The van der Waals surface area contributed by atoms with Gasteiger partial charge < -0.3 is 10.1 Å². The minimum absolute atomic E-state index is 0.751. The smallest absolute Gasteiger partial charge is 0.0987 e. The van der Waals surface area contributed by atoms with Crippen LogP contribution in [0, 0.1) is 12.8 Å². The molecule has 2 atom stereocenters. The van der Waals surface area contributed by atoms with Gasteiger partial charge in [-0.25, -0.2) is 0 Å². The van der Waals surface area contributed by atoms with Gasteiger partial charge in [0, 0.05) is 38.1 Å². The summed E-state index contributed by atoms with van der Waals surface area (Å²) in [4.78, 5) is 0. The van der Waals surface area contributed by atoms with E-state index in [-0.39, 0.29) is 0 Å².